The highest BCUT2D eigenvalue weighted by Crippen LogP contribution is 2.24. The molecule has 0 radical (unpaired) electrons. The van der Waals surface area contributed by atoms with E-state index in [0.29, 0.717) is 34.9 Å². The van der Waals surface area contributed by atoms with Crippen molar-refractivity contribution in [2.75, 3.05) is 38.4 Å². The zero-order chi connectivity index (χ0) is 22.5. The van der Waals surface area contributed by atoms with Crippen LogP contribution in [0.2, 0.25) is 5.02 Å². The number of nitrogens with zero attached hydrogens (tertiary/aromatic N) is 2. The van der Waals surface area contributed by atoms with Crippen molar-refractivity contribution >= 4 is 40.8 Å². The van der Waals surface area contributed by atoms with Crippen LogP contribution in [-0.4, -0.2) is 67.5 Å². The van der Waals surface area contributed by atoms with Crippen molar-refractivity contribution in [3.05, 3.63) is 59.1 Å². The standard InChI is InChI=1S/C22H25ClN4O4/c1-26(2)21(29)14-4-8-16(9-5-14)24-20(28)19-12-18(31-3)13-27(19)22(30)25-17-10-6-15(23)7-11-17/h4-11,18-19H,12-13H2,1-3H3,(H,24,28)(H,25,30)/t18-,19-/m1/s1. The number of rotatable bonds is 5. The van der Waals surface area contributed by atoms with Gasteiger partial charge >= 0.3 is 6.03 Å². The van der Waals surface area contributed by atoms with Crippen LogP contribution in [0.1, 0.15) is 16.8 Å². The average Bonchev–Trinajstić information content (AvgIpc) is 3.20. The van der Waals surface area contributed by atoms with Crippen molar-refractivity contribution in [1.29, 1.82) is 0 Å². The Kier molecular flexibility index (Phi) is 7.14. The second-order valence-electron chi connectivity index (χ2n) is 7.46. The maximum absolute atomic E-state index is 12.9. The van der Waals surface area contributed by atoms with Crippen LogP contribution >= 0.6 is 11.6 Å². The molecular weight excluding hydrogens is 420 g/mol. The number of urea groups is 1. The first-order chi connectivity index (χ1) is 14.8. The Hall–Kier alpha value is -3.10. The van der Waals surface area contributed by atoms with Gasteiger partial charge in [0, 0.05) is 56.1 Å². The van der Waals surface area contributed by atoms with Crippen molar-refractivity contribution in [1.82, 2.24) is 9.80 Å². The molecule has 9 heteroatoms. The monoisotopic (exact) mass is 444 g/mol. The number of hydrogen-bond donors (Lipinski definition) is 2. The molecule has 2 atom stereocenters. The van der Waals surface area contributed by atoms with Crippen LogP contribution in [0.3, 0.4) is 0 Å². The summed E-state index contributed by atoms with van der Waals surface area (Å²) in [6, 6.07) is 12.3. The van der Waals surface area contributed by atoms with E-state index in [1.54, 1.807) is 69.7 Å². The molecule has 0 spiro atoms. The van der Waals surface area contributed by atoms with Gasteiger partial charge in [0.1, 0.15) is 6.04 Å². The molecule has 31 heavy (non-hydrogen) atoms. The molecule has 2 aromatic rings. The quantitative estimate of drug-likeness (QED) is 0.740. The number of halogens is 1. The summed E-state index contributed by atoms with van der Waals surface area (Å²) < 4.78 is 5.39. The van der Waals surface area contributed by atoms with E-state index in [9.17, 15) is 14.4 Å². The Bertz CT molecular complexity index is 947. The predicted octanol–water partition coefficient (Wildman–Crippen LogP) is 3.30. The molecule has 164 valence electrons. The number of likely N-dealkylation sites (tertiary alicyclic amines) is 1. The predicted molar refractivity (Wildman–Crippen MR) is 119 cm³/mol. The van der Waals surface area contributed by atoms with Crippen LogP contribution in [0.15, 0.2) is 48.5 Å². The highest BCUT2D eigenvalue weighted by Gasteiger charge is 2.40. The maximum Gasteiger partial charge on any atom is 0.322 e. The van der Waals surface area contributed by atoms with E-state index in [-0.39, 0.29) is 17.9 Å². The second kappa shape index (κ2) is 9.80. The third-order valence-electron chi connectivity index (χ3n) is 5.06. The van der Waals surface area contributed by atoms with Gasteiger partial charge in [0.05, 0.1) is 6.10 Å². The summed E-state index contributed by atoms with van der Waals surface area (Å²) in [6.45, 7) is 0.296. The van der Waals surface area contributed by atoms with Gasteiger partial charge in [-0.1, -0.05) is 11.6 Å². The van der Waals surface area contributed by atoms with Crippen molar-refractivity contribution in [3.8, 4) is 0 Å². The van der Waals surface area contributed by atoms with Crippen LogP contribution in [0.5, 0.6) is 0 Å². The Morgan fingerprint density at radius 3 is 2.16 bits per heavy atom. The number of anilines is 2. The van der Waals surface area contributed by atoms with Gasteiger partial charge in [-0.3, -0.25) is 9.59 Å². The van der Waals surface area contributed by atoms with Gasteiger partial charge in [0.25, 0.3) is 5.91 Å². The number of benzene rings is 2. The molecular formula is C22H25ClN4O4. The molecule has 1 saturated heterocycles. The molecule has 0 bridgehead atoms. The molecule has 2 N–H and O–H groups in total. The normalized spacial score (nSPS) is 17.9. The SMILES string of the molecule is CO[C@@H]1C[C@H](C(=O)Nc2ccc(C(=O)N(C)C)cc2)N(C(=O)Nc2ccc(Cl)cc2)C1. The molecule has 3 rings (SSSR count). The molecule has 0 aliphatic carbocycles. The average molecular weight is 445 g/mol. The van der Waals surface area contributed by atoms with Gasteiger partial charge in [0.2, 0.25) is 5.91 Å². The maximum atomic E-state index is 12.9. The Labute approximate surface area is 186 Å². The Balaban J connectivity index is 1.69. The van der Waals surface area contributed by atoms with E-state index in [1.165, 1.54) is 9.80 Å². The first-order valence-corrected chi connectivity index (χ1v) is 10.1. The van der Waals surface area contributed by atoms with Crippen LogP contribution in [0.4, 0.5) is 16.2 Å². The van der Waals surface area contributed by atoms with Crippen LogP contribution in [0.25, 0.3) is 0 Å². The first-order valence-electron chi connectivity index (χ1n) is 9.77. The molecule has 0 aromatic heterocycles. The lowest BCUT2D eigenvalue weighted by Gasteiger charge is -2.24. The van der Waals surface area contributed by atoms with Crippen LogP contribution < -0.4 is 10.6 Å². The molecule has 4 amide bonds. The lowest BCUT2D eigenvalue weighted by Crippen LogP contribution is -2.45. The van der Waals surface area contributed by atoms with Crippen LogP contribution in [0, 0.1) is 0 Å². The van der Waals surface area contributed by atoms with Crippen LogP contribution in [-0.2, 0) is 9.53 Å². The third-order valence-corrected chi connectivity index (χ3v) is 5.31. The molecule has 8 nitrogen and oxygen atoms in total. The fraction of sp³-hybridized carbons (Fsp3) is 0.318. The second-order valence-corrected chi connectivity index (χ2v) is 7.90. The number of hydrogen-bond acceptors (Lipinski definition) is 4. The van der Waals surface area contributed by atoms with Gasteiger partial charge < -0.3 is 25.2 Å². The summed E-state index contributed by atoms with van der Waals surface area (Å²) in [7, 11) is 4.91. The van der Waals surface area contributed by atoms with Gasteiger partial charge in [0.15, 0.2) is 0 Å². The van der Waals surface area contributed by atoms with Crippen molar-refractivity contribution < 1.29 is 19.1 Å². The third kappa shape index (κ3) is 5.53. The Morgan fingerprint density at radius 2 is 1.58 bits per heavy atom. The molecule has 1 heterocycles. The summed E-state index contributed by atoms with van der Waals surface area (Å²) in [6.07, 6.45) is 0.139. The number of nitrogens with one attached hydrogen (secondary N) is 2. The summed E-state index contributed by atoms with van der Waals surface area (Å²) >= 11 is 5.88. The lowest BCUT2D eigenvalue weighted by atomic mass is 10.1. The summed E-state index contributed by atoms with van der Waals surface area (Å²) in [5.74, 6) is -0.445. The first kappa shape index (κ1) is 22.6. The highest BCUT2D eigenvalue weighted by molar-refractivity contribution is 6.30. The molecule has 2 aromatic carbocycles. The smallest absolute Gasteiger partial charge is 0.322 e. The van der Waals surface area contributed by atoms with E-state index in [2.05, 4.69) is 10.6 Å². The number of methoxy groups -OCH3 is 1. The zero-order valence-corrected chi connectivity index (χ0v) is 18.3. The van der Waals surface area contributed by atoms with Crippen molar-refractivity contribution in [2.24, 2.45) is 0 Å². The van der Waals surface area contributed by atoms with Gasteiger partial charge in [-0.25, -0.2) is 4.79 Å². The van der Waals surface area contributed by atoms with E-state index in [4.69, 9.17) is 16.3 Å². The van der Waals surface area contributed by atoms with Gasteiger partial charge in [-0.05, 0) is 48.5 Å². The van der Waals surface area contributed by atoms with E-state index in [0.717, 1.165) is 0 Å². The summed E-state index contributed by atoms with van der Waals surface area (Å²) in [4.78, 5) is 40.7. The van der Waals surface area contributed by atoms with Crippen molar-refractivity contribution in [3.63, 3.8) is 0 Å². The zero-order valence-electron chi connectivity index (χ0n) is 17.6. The minimum absolute atomic E-state index is 0.123. The fourth-order valence-corrected chi connectivity index (χ4v) is 3.48. The number of carbonyl (C=O) groups excluding carboxylic acids is 3. The van der Waals surface area contributed by atoms with E-state index in [1.807, 2.05) is 0 Å². The number of ether oxygens (including phenoxy) is 1. The minimum atomic E-state index is -0.694. The summed E-state index contributed by atoms with van der Waals surface area (Å²) in [5.41, 5.74) is 1.64. The lowest BCUT2D eigenvalue weighted by molar-refractivity contribution is -0.119. The van der Waals surface area contributed by atoms with Gasteiger partial charge in [-0.2, -0.15) is 0 Å². The van der Waals surface area contributed by atoms with Gasteiger partial charge in [-0.15, -0.1) is 0 Å². The fourth-order valence-electron chi connectivity index (χ4n) is 3.35. The number of carbonyl (C=O) groups is 3. The molecule has 1 aliphatic heterocycles. The molecule has 0 saturated carbocycles. The molecule has 1 fully saturated rings. The minimum Gasteiger partial charge on any atom is -0.380 e. The molecule has 1 aliphatic rings. The van der Waals surface area contributed by atoms with E-state index >= 15 is 0 Å². The molecule has 0 unspecified atom stereocenters. The number of amides is 4. The highest BCUT2D eigenvalue weighted by atomic mass is 35.5. The van der Waals surface area contributed by atoms with Crippen molar-refractivity contribution in [2.45, 2.75) is 18.6 Å². The largest absolute Gasteiger partial charge is 0.380 e. The van der Waals surface area contributed by atoms with E-state index < -0.39 is 12.1 Å². The topological polar surface area (TPSA) is 91.0 Å². The summed E-state index contributed by atoms with van der Waals surface area (Å²) in [5, 5.41) is 6.17. The Morgan fingerprint density at radius 1 is 1.00 bits per heavy atom.